The zero-order chi connectivity index (χ0) is 17.9. The summed E-state index contributed by atoms with van der Waals surface area (Å²) in [6.07, 6.45) is 6.40. The van der Waals surface area contributed by atoms with Gasteiger partial charge in [-0.3, -0.25) is 4.90 Å². The van der Waals surface area contributed by atoms with Gasteiger partial charge in [-0.25, -0.2) is 4.68 Å². The van der Waals surface area contributed by atoms with Gasteiger partial charge in [0, 0.05) is 31.9 Å². The van der Waals surface area contributed by atoms with Gasteiger partial charge in [0.25, 0.3) is 0 Å². The molecule has 0 radical (unpaired) electrons. The molecule has 2 aromatic rings. The predicted octanol–water partition coefficient (Wildman–Crippen LogP) is 0.121. The lowest BCUT2D eigenvalue weighted by Crippen LogP contribution is -3.00. The van der Waals surface area contributed by atoms with Crippen molar-refractivity contribution in [3.05, 3.63) is 35.2 Å². The van der Waals surface area contributed by atoms with Crippen LogP contribution >= 0.6 is 0 Å². The summed E-state index contributed by atoms with van der Waals surface area (Å²) >= 11 is 0. The largest absolute Gasteiger partial charge is 1.00 e. The average Bonchev–Trinajstić information content (AvgIpc) is 3.13. The quantitative estimate of drug-likeness (QED) is 0.743. The molecule has 0 atom stereocenters. The van der Waals surface area contributed by atoms with Crippen LogP contribution in [0.3, 0.4) is 0 Å². The fraction of sp³-hybridized carbons (Fsp3) is 0.650. The van der Waals surface area contributed by atoms with Crippen molar-refractivity contribution >= 4 is 5.69 Å². The van der Waals surface area contributed by atoms with Gasteiger partial charge in [0.15, 0.2) is 5.82 Å². The summed E-state index contributed by atoms with van der Waals surface area (Å²) in [7, 11) is 0. The maximum absolute atomic E-state index is 4.33. The van der Waals surface area contributed by atoms with E-state index in [2.05, 4.69) is 62.1 Å². The molecule has 148 valence electrons. The molecule has 2 heterocycles. The van der Waals surface area contributed by atoms with E-state index < -0.39 is 0 Å². The van der Waals surface area contributed by atoms with E-state index in [1.165, 1.54) is 48.9 Å². The Kier molecular flexibility index (Phi) is 6.71. The van der Waals surface area contributed by atoms with Crippen molar-refractivity contribution in [2.24, 2.45) is 0 Å². The molecule has 4 rings (SSSR count). The van der Waals surface area contributed by atoms with Gasteiger partial charge in [0.2, 0.25) is 0 Å². The Hall–Kier alpha value is -1.66. The Bertz CT molecular complexity index is 732. The summed E-state index contributed by atoms with van der Waals surface area (Å²) in [5.74, 6) is 1.04. The lowest BCUT2D eigenvalue weighted by Gasteiger charge is -2.36. The van der Waals surface area contributed by atoms with E-state index in [1.807, 2.05) is 0 Å². The first kappa shape index (κ1) is 20.1. The number of hydrogen-bond acceptors (Lipinski definition) is 5. The molecule has 0 unspecified atom stereocenters. The van der Waals surface area contributed by atoms with Gasteiger partial charge in [-0.15, -0.1) is 5.10 Å². The minimum atomic E-state index is 0. The molecule has 7 heteroatoms. The number of aromatic nitrogens is 4. The highest BCUT2D eigenvalue weighted by molar-refractivity contribution is 5.55. The highest BCUT2D eigenvalue weighted by Crippen LogP contribution is 2.28. The minimum absolute atomic E-state index is 0. The Balaban J connectivity index is 0.00000210. The number of nitrogens with zero attached hydrogens (tertiary/aromatic N) is 6. The second-order valence-electron chi connectivity index (χ2n) is 7.88. The van der Waals surface area contributed by atoms with Crippen LogP contribution in [0.4, 0.5) is 5.69 Å². The monoisotopic (exact) mass is 389 g/mol. The van der Waals surface area contributed by atoms with Crippen molar-refractivity contribution in [3.63, 3.8) is 0 Å². The molecule has 6 nitrogen and oxygen atoms in total. The number of piperazine rings is 1. The first-order valence-electron chi connectivity index (χ1n) is 10.0. The molecule has 1 aromatic carbocycles. The van der Waals surface area contributed by atoms with E-state index >= 15 is 0 Å². The predicted molar refractivity (Wildman–Crippen MR) is 103 cm³/mol. The van der Waals surface area contributed by atoms with E-state index in [0.29, 0.717) is 6.04 Å². The Morgan fingerprint density at radius 3 is 2.48 bits per heavy atom. The number of rotatable bonds is 4. The van der Waals surface area contributed by atoms with Crippen molar-refractivity contribution in [1.82, 2.24) is 25.1 Å². The molecule has 2 fully saturated rings. The molecule has 27 heavy (non-hydrogen) atoms. The molecule has 1 saturated heterocycles. The van der Waals surface area contributed by atoms with Gasteiger partial charge in [-0.05, 0) is 54.3 Å². The normalized spacial score (nSPS) is 19.1. The summed E-state index contributed by atoms with van der Waals surface area (Å²) in [4.78, 5) is 5.01. The summed E-state index contributed by atoms with van der Waals surface area (Å²) in [5.41, 5.74) is 4.08. The zero-order valence-electron chi connectivity index (χ0n) is 16.4. The van der Waals surface area contributed by atoms with Gasteiger partial charge in [0.1, 0.15) is 0 Å². The second-order valence-corrected chi connectivity index (χ2v) is 7.88. The van der Waals surface area contributed by atoms with E-state index in [-0.39, 0.29) is 12.4 Å². The minimum Gasteiger partial charge on any atom is -1.00 e. The molecule has 2 aliphatic rings. The van der Waals surface area contributed by atoms with E-state index in [9.17, 15) is 0 Å². The van der Waals surface area contributed by atoms with Crippen LogP contribution in [0.2, 0.25) is 0 Å². The third kappa shape index (κ3) is 4.61. The van der Waals surface area contributed by atoms with Crippen LogP contribution in [-0.2, 0) is 6.54 Å². The molecule has 1 saturated carbocycles. The summed E-state index contributed by atoms with van der Waals surface area (Å²) in [6.45, 7) is 9.49. The first-order chi connectivity index (χ1) is 12.7. The molecule has 0 spiro atoms. The Morgan fingerprint density at radius 1 is 1.00 bits per heavy atom. The van der Waals surface area contributed by atoms with Crippen molar-refractivity contribution in [1.29, 1.82) is 0 Å². The van der Waals surface area contributed by atoms with Gasteiger partial charge in [-0.2, -0.15) is 0 Å². The highest BCUT2D eigenvalue weighted by atomic mass is 35.5. The molecule has 0 amide bonds. The standard InChI is InChI=1S/C20H30N6.ClH/c1-16-8-9-17(2)19(14-16)25-12-10-24(11-13-25)15-20-21-22-23-26(20)18-6-4-3-5-7-18;/h8-9,14,18H,3-7,10-13,15H2,1-2H3;1H/p-1. The van der Waals surface area contributed by atoms with Crippen LogP contribution in [-0.4, -0.2) is 51.3 Å². The number of benzene rings is 1. The molecule has 0 N–H and O–H groups in total. The van der Waals surface area contributed by atoms with Gasteiger partial charge in [0.05, 0.1) is 12.6 Å². The summed E-state index contributed by atoms with van der Waals surface area (Å²) < 4.78 is 2.11. The molecule has 1 aromatic heterocycles. The molecule has 1 aliphatic heterocycles. The number of halogens is 1. The van der Waals surface area contributed by atoms with Crippen LogP contribution in [0.5, 0.6) is 0 Å². The van der Waals surface area contributed by atoms with Crippen LogP contribution in [0, 0.1) is 13.8 Å². The van der Waals surface area contributed by atoms with E-state index in [1.54, 1.807) is 0 Å². The summed E-state index contributed by atoms with van der Waals surface area (Å²) in [6, 6.07) is 7.24. The smallest absolute Gasteiger partial charge is 0.165 e. The maximum atomic E-state index is 4.33. The SMILES string of the molecule is Cc1ccc(C)c(N2CCN(Cc3nnnn3C3CCCCC3)CC2)c1.[Cl-]. The van der Waals surface area contributed by atoms with Gasteiger partial charge in [-0.1, -0.05) is 31.4 Å². The van der Waals surface area contributed by atoms with Crippen LogP contribution < -0.4 is 17.3 Å². The first-order valence-corrected chi connectivity index (χ1v) is 10.0. The second kappa shape index (κ2) is 9.02. The van der Waals surface area contributed by atoms with Gasteiger partial charge >= 0.3 is 0 Å². The van der Waals surface area contributed by atoms with E-state index in [0.717, 1.165) is 38.5 Å². The Labute approximate surface area is 168 Å². The number of anilines is 1. The molecule has 0 bridgehead atoms. The number of tetrazole rings is 1. The molecular weight excluding hydrogens is 360 g/mol. The van der Waals surface area contributed by atoms with E-state index in [4.69, 9.17) is 0 Å². The summed E-state index contributed by atoms with van der Waals surface area (Å²) in [5, 5.41) is 12.6. The molecular formula is C20H30ClN6-. The lowest BCUT2D eigenvalue weighted by molar-refractivity contribution is -0.00000572. The Morgan fingerprint density at radius 2 is 1.74 bits per heavy atom. The van der Waals surface area contributed by atoms with Crippen molar-refractivity contribution < 1.29 is 12.4 Å². The number of aryl methyl sites for hydroxylation is 2. The fourth-order valence-corrected chi connectivity index (χ4v) is 4.33. The van der Waals surface area contributed by atoms with Crippen molar-refractivity contribution in [2.45, 2.75) is 58.5 Å². The zero-order valence-corrected chi connectivity index (χ0v) is 17.2. The van der Waals surface area contributed by atoms with Crippen LogP contribution in [0.1, 0.15) is 55.1 Å². The molecule has 1 aliphatic carbocycles. The fourth-order valence-electron chi connectivity index (χ4n) is 4.33. The lowest BCUT2D eigenvalue weighted by atomic mass is 9.95. The average molecular weight is 390 g/mol. The third-order valence-electron chi connectivity index (χ3n) is 5.92. The number of hydrogen-bond donors (Lipinski definition) is 0. The van der Waals surface area contributed by atoms with Gasteiger partial charge < -0.3 is 17.3 Å². The highest BCUT2D eigenvalue weighted by Gasteiger charge is 2.23. The third-order valence-corrected chi connectivity index (χ3v) is 5.92. The maximum Gasteiger partial charge on any atom is 0.165 e. The van der Waals surface area contributed by atoms with Crippen LogP contribution in [0.15, 0.2) is 18.2 Å². The van der Waals surface area contributed by atoms with Crippen molar-refractivity contribution in [2.75, 3.05) is 31.1 Å². The van der Waals surface area contributed by atoms with Crippen LogP contribution in [0.25, 0.3) is 0 Å². The topological polar surface area (TPSA) is 50.1 Å². The van der Waals surface area contributed by atoms with Crippen molar-refractivity contribution in [3.8, 4) is 0 Å².